The standard InChI is InChI=1S/C17H22O3Si/c1-19-14-9-10-17(15(11-14)20-2)21(3,4)16-8-6-5-7-13(16)12-18/h5-11,18H,12H2,1-4H3. The third-order valence-electron chi connectivity index (χ3n) is 3.94. The highest BCUT2D eigenvalue weighted by atomic mass is 28.3. The van der Waals surface area contributed by atoms with E-state index in [0.717, 1.165) is 17.1 Å². The van der Waals surface area contributed by atoms with Crippen molar-refractivity contribution in [2.45, 2.75) is 19.7 Å². The Kier molecular flexibility index (Phi) is 4.70. The first-order valence-electron chi connectivity index (χ1n) is 6.96. The zero-order valence-electron chi connectivity index (χ0n) is 13.0. The SMILES string of the molecule is COc1ccc([Si](C)(C)c2ccccc2CO)c(OC)c1. The molecule has 0 fully saturated rings. The Balaban J connectivity index is 2.58. The van der Waals surface area contributed by atoms with E-state index in [4.69, 9.17) is 9.47 Å². The van der Waals surface area contributed by atoms with Crippen LogP contribution in [0.2, 0.25) is 13.1 Å². The fraction of sp³-hybridized carbons (Fsp3) is 0.294. The molecular formula is C17H22O3Si. The van der Waals surface area contributed by atoms with Crippen LogP contribution in [0.1, 0.15) is 5.56 Å². The van der Waals surface area contributed by atoms with Gasteiger partial charge in [0.05, 0.1) is 20.8 Å². The summed E-state index contributed by atoms with van der Waals surface area (Å²) in [5.74, 6) is 1.63. The van der Waals surface area contributed by atoms with Crippen LogP contribution in [0.3, 0.4) is 0 Å². The molecule has 0 radical (unpaired) electrons. The molecule has 0 aliphatic rings. The molecule has 1 N–H and O–H groups in total. The monoisotopic (exact) mass is 302 g/mol. The van der Waals surface area contributed by atoms with Crippen molar-refractivity contribution >= 4 is 18.4 Å². The van der Waals surface area contributed by atoms with Gasteiger partial charge in [-0.2, -0.15) is 0 Å². The first-order valence-corrected chi connectivity index (χ1v) is 9.96. The van der Waals surface area contributed by atoms with Gasteiger partial charge < -0.3 is 14.6 Å². The smallest absolute Gasteiger partial charge is 0.122 e. The summed E-state index contributed by atoms with van der Waals surface area (Å²) in [5, 5.41) is 12.0. The predicted octanol–water partition coefficient (Wildman–Crippen LogP) is 2.02. The molecule has 0 aliphatic heterocycles. The normalized spacial score (nSPS) is 11.3. The van der Waals surface area contributed by atoms with E-state index < -0.39 is 8.07 Å². The molecule has 2 rings (SSSR count). The molecule has 0 saturated carbocycles. The number of ether oxygens (including phenoxy) is 2. The second kappa shape index (κ2) is 6.33. The van der Waals surface area contributed by atoms with Crippen molar-refractivity contribution in [2.24, 2.45) is 0 Å². The van der Waals surface area contributed by atoms with Gasteiger partial charge in [-0.25, -0.2) is 0 Å². The lowest BCUT2D eigenvalue weighted by atomic mass is 10.2. The molecule has 21 heavy (non-hydrogen) atoms. The topological polar surface area (TPSA) is 38.7 Å². The summed E-state index contributed by atoms with van der Waals surface area (Å²) in [6.07, 6.45) is 0. The molecule has 0 bridgehead atoms. The Hall–Kier alpha value is -1.78. The number of benzene rings is 2. The first-order chi connectivity index (χ1) is 10.0. The van der Waals surface area contributed by atoms with Crippen LogP contribution in [0.5, 0.6) is 11.5 Å². The molecule has 3 nitrogen and oxygen atoms in total. The van der Waals surface area contributed by atoms with Crippen molar-refractivity contribution in [3.05, 3.63) is 48.0 Å². The van der Waals surface area contributed by atoms with Gasteiger partial charge in [-0.1, -0.05) is 43.4 Å². The van der Waals surface area contributed by atoms with Crippen molar-refractivity contribution in [1.29, 1.82) is 0 Å². The van der Waals surface area contributed by atoms with E-state index >= 15 is 0 Å². The maximum Gasteiger partial charge on any atom is 0.122 e. The highest BCUT2D eigenvalue weighted by Gasteiger charge is 2.31. The van der Waals surface area contributed by atoms with Crippen molar-refractivity contribution in [1.82, 2.24) is 0 Å². The Morgan fingerprint density at radius 2 is 1.67 bits per heavy atom. The minimum atomic E-state index is -1.96. The number of rotatable bonds is 5. The Morgan fingerprint density at radius 3 is 2.29 bits per heavy atom. The van der Waals surface area contributed by atoms with E-state index in [1.807, 2.05) is 30.3 Å². The molecule has 0 atom stereocenters. The molecular weight excluding hydrogens is 280 g/mol. The number of hydrogen-bond acceptors (Lipinski definition) is 3. The average Bonchev–Trinajstić information content (AvgIpc) is 2.53. The van der Waals surface area contributed by atoms with Crippen LogP contribution in [0.15, 0.2) is 42.5 Å². The van der Waals surface area contributed by atoms with Gasteiger partial charge in [-0.15, -0.1) is 0 Å². The Labute approximate surface area is 127 Å². The van der Waals surface area contributed by atoms with E-state index in [1.54, 1.807) is 14.2 Å². The number of aliphatic hydroxyl groups is 1. The Morgan fingerprint density at radius 1 is 0.952 bits per heavy atom. The van der Waals surface area contributed by atoms with E-state index in [9.17, 15) is 5.11 Å². The van der Waals surface area contributed by atoms with Gasteiger partial charge in [0.15, 0.2) is 0 Å². The van der Waals surface area contributed by atoms with Crippen molar-refractivity contribution in [3.8, 4) is 11.5 Å². The average molecular weight is 302 g/mol. The van der Waals surface area contributed by atoms with Crippen LogP contribution in [-0.2, 0) is 6.61 Å². The summed E-state index contributed by atoms with van der Waals surface area (Å²) < 4.78 is 10.8. The van der Waals surface area contributed by atoms with E-state index in [-0.39, 0.29) is 6.61 Å². The molecule has 0 aromatic heterocycles. The zero-order chi connectivity index (χ0) is 15.5. The summed E-state index contributed by atoms with van der Waals surface area (Å²) in [4.78, 5) is 0. The molecule has 4 heteroatoms. The molecule has 0 spiro atoms. The van der Waals surface area contributed by atoms with Gasteiger partial charge in [0.25, 0.3) is 0 Å². The lowest BCUT2D eigenvalue weighted by molar-refractivity contribution is 0.283. The summed E-state index contributed by atoms with van der Waals surface area (Å²) in [7, 11) is 1.37. The molecule has 0 amide bonds. The van der Waals surface area contributed by atoms with Gasteiger partial charge in [0, 0.05) is 6.07 Å². The lowest BCUT2D eigenvalue weighted by Crippen LogP contribution is -2.54. The quantitative estimate of drug-likeness (QED) is 0.859. The van der Waals surface area contributed by atoms with Crippen LogP contribution in [-0.4, -0.2) is 27.4 Å². The fourth-order valence-corrected chi connectivity index (χ4v) is 5.79. The number of hydrogen-bond donors (Lipinski definition) is 1. The van der Waals surface area contributed by atoms with Crippen LogP contribution in [0, 0.1) is 0 Å². The number of methoxy groups -OCH3 is 2. The third-order valence-corrected chi connectivity index (χ3v) is 7.54. The maximum atomic E-state index is 9.61. The molecule has 0 unspecified atom stereocenters. The molecule has 112 valence electrons. The molecule has 0 heterocycles. The molecule has 0 saturated heterocycles. The zero-order valence-corrected chi connectivity index (χ0v) is 14.0. The first kappa shape index (κ1) is 15.6. The largest absolute Gasteiger partial charge is 0.497 e. The van der Waals surface area contributed by atoms with Gasteiger partial charge in [0.1, 0.15) is 19.6 Å². The van der Waals surface area contributed by atoms with Crippen molar-refractivity contribution in [2.75, 3.05) is 14.2 Å². The second-order valence-corrected chi connectivity index (χ2v) is 9.83. The summed E-state index contributed by atoms with van der Waals surface area (Å²) >= 11 is 0. The summed E-state index contributed by atoms with van der Waals surface area (Å²) in [5.41, 5.74) is 0.993. The van der Waals surface area contributed by atoms with E-state index in [1.165, 1.54) is 10.4 Å². The summed E-state index contributed by atoms with van der Waals surface area (Å²) in [6, 6.07) is 14.1. The van der Waals surface area contributed by atoms with Gasteiger partial charge in [-0.3, -0.25) is 0 Å². The van der Waals surface area contributed by atoms with Crippen LogP contribution < -0.4 is 19.8 Å². The number of aliphatic hydroxyl groups excluding tert-OH is 1. The van der Waals surface area contributed by atoms with Crippen molar-refractivity contribution in [3.63, 3.8) is 0 Å². The van der Waals surface area contributed by atoms with Crippen molar-refractivity contribution < 1.29 is 14.6 Å². The van der Waals surface area contributed by atoms with Gasteiger partial charge in [-0.05, 0) is 22.0 Å². The van der Waals surface area contributed by atoms with E-state index in [2.05, 4.69) is 25.2 Å². The van der Waals surface area contributed by atoms with Crippen LogP contribution in [0.25, 0.3) is 0 Å². The highest BCUT2D eigenvalue weighted by Crippen LogP contribution is 2.21. The predicted molar refractivity (Wildman–Crippen MR) is 88.7 cm³/mol. The third kappa shape index (κ3) is 2.96. The minimum absolute atomic E-state index is 0.0606. The molecule has 0 aliphatic carbocycles. The van der Waals surface area contributed by atoms with Crippen LogP contribution >= 0.6 is 0 Å². The minimum Gasteiger partial charge on any atom is -0.497 e. The van der Waals surface area contributed by atoms with Crippen LogP contribution in [0.4, 0.5) is 0 Å². The van der Waals surface area contributed by atoms with Gasteiger partial charge >= 0.3 is 0 Å². The maximum absolute atomic E-state index is 9.61. The van der Waals surface area contributed by atoms with Gasteiger partial charge in [0.2, 0.25) is 0 Å². The van der Waals surface area contributed by atoms with E-state index in [0.29, 0.717) is 0 Å². The molecule has 2 aromatic carbocycles. The highest BCUT2D eigenvalue weighted by molar-refractivity contribution is 7.01. The Bertz CT molecular complexity index is 623. The molecule has 2 aromatic rings. The fourth-order valence-electron chi connectivity index (χ4n) is 2.73. The lowest BCUT2D eigenvalue weighted by Gasteiger charge is -2.28. The summed E-state index contributed by atoms with van der Waals surface area (Å²) in [6.45, 7) is 4.60. The second-order valence-electron chi connectivity index (χ2n) is 5.51.